The van der Waals surface area contributed by atoms with E-state index in [-0.39, 0.29) is 12.5 Å². The molecule has 0 amide bonds. The molecule has 1 aromatic carbocycles. The van der Waals surface area contributed by atoms with Crippen molar-refractivity contribution in [3.05, 3.63) is 29.3 Å². The van der Waals surface area contributed by atoms with E-state index >= 15 is 0 Å². The van der Waals surface area contributed by atoms with Gasteiger partial charge in [0.05, 0.1) is 6.61 Å². The number of esters is 1. The number of carbonyl (C=O) groups is 1. The Balaban J connectivity index is 2.98. The molecule has 3 nitrogen and oxygen atoms in total. The molecule has 0 aliphatic rings. The summed E-state index contributed by atoms with van der Waals surface area (Å²) in [5.41, 5.74) is 3.58. The zero-order valence-corrected chi connectivity index (χ0v) is 12.6. The Hall–Kier alpha value is -1.51. The van der Waals surface area contributed by atoms with Crippen LogP contribution in [0.1, 0.15) is 57.6 Å². The second kappa shape index (κ2) is 7.17. The van der Waals surface area contributed by atoms with Crippen LogP contribution in [0.2, 0.25) is 0 Å². The first-order valence-corrected chi connectivity index (χ1v) is 6.99. The fraction of sp³-hybridized carbons (Fsp3) is 0.562. The number of para-hydroxylation sites is 1. The number of ether oxygens (including phenoxy) is 1. The molecule has 0 saturated heterocycles. The second-order valence-electron chi connectivity index (χ2n) is 5.28. The van der Waals surface area contributed by atoms with Gasteiger partial charge in [-0.2, -0.15) is 0 Å². The summed E-state index contributed by atoms with van der Waals surface area (Å²) in [5, 5.41) is 3.25. The van der Waals surface area contributed by atoms with Crippen molar-refractivity contribution in [3.63, 3.8) is 0 Å². The van der Waals surface area contributed by atoms with Gasteiger partial charge >= 0.3 is 5.97 Å². The van der Waals surface area contributed by atoms with Crippen LogP contribution in [0, 0.1) is 0 Å². The maximum Gasteiger partial charge on any atom is 0.325 e. The lowest BCUT2D eigenvalue weighted by Crippen LogP contribution is -2.18. The highest BCUT2D eigenvalue weighted by Gasteiger charge is 2.14. The monoisotopic (exact) mass is 263 g/mol. The van der Waals surface area contributed by atoms with Crippen LogP contribution >= 0.6 is 0 Å². The normalized spacial score (nSPS) is 10.9. The summed E-state index contributed by atoms with van der Waals surface area (Å²) in [7, 11) is 0. The Labute approximate surface area is 116 Å². The SMILES string of the molecule is CCOC(=O)CNc1c(C(C)C)cccc1C(C)C. The van der Waals surface area contributed by atoms with Crippen LogP contribution in [-0.4, -0.2) is 19.1 Å². The molecule has 19 heavy (non-hydrogen) atoms. The molecule has 106 valence electrons. The van der Waals surface area contributed by atoms with Crippen LogP contribution in [0.15, 0.2) is 18.2 Å². The minimum Gasteiger partial charge on any atom is -0.465 e. The van der Waals surface area contributed by atoms with E-state index in [4.69, 9.17) is 4.74 Å². The van der Waals surface area contributed by atoms with E-state index in [1.807, 2.05) is 6.92 Å². The molecule has 0 unspecified atom stereocenters. The molecule has 0 radical (unpaired) electrons. The van der Waals surface area contributed by atoms with Gasteiger partial charge in [-0.15, -0.1) is 0 Å². The van der Waals surface area contributed by atoms with Gasteiger partial charge in [-0.3, -0.25) is 4.79 Å². The largest absolute Gasteiger partial charge is 0.465 e. The predicted molar refractivity (Wildman–Crippen MR) is 79.7 cm³/mol. The van der Waals surface area contributed by atoms with Crippen LogP contribution < -0.4 is 5.32 Å². The maximum atomic E-state index is 11.5. The molecule has 0 aromatic heterocycles. The molecule has 0 spiro atoms. The number of nitrogens with one attached hydrogen (secondary N) is 1. The van der Waals surface area contributed by atoms with Gasteiger partial charge < -0.3 is 10.1 Å². The topological polar surface area (TPSA) is 38.3 Å². The van der Waals surface area contributed by atoms with Gasteiger partial charge in [0.2, 0.25) is 0 Å². The molecule has 1 rings (SSSR count). The number of hydrogen-bond donors (Lipinski definition) is 1. The van der Waals surface area contributed by atoms with Crippen molar-refractivity contribution in [2.24, 2.45) is 0 Å². The van der Waals surface area contributed by atoms with E-state index in [2.05, 4.69) is 51.2 Å². The van der Waals surface area contributed by atoms with E-state index in [1.54, 1.807) is 0 Å². The zero-order chi connectivity index (χ0) is 14.4. The van der Waals surface area contributed by atoms with Crippen molar-refractivity contribution < 1.29 is 9.53 Å². The standard InChI is InChI=1S/C16H25NO2/c1-6-19-15(18)10-17-16-13(11(2)3)8-7-9-14(16)12(4)5/h7-9,11-12,17H,6,10H2,1-5H3. The van der Waals surface area contributed by atoms with Crippen molar-refractivity contribution in [1.82, 2.24) is 0 Å². The highest BCUT2D eigenvalue weighted by atomic mass is 16.5. The second-order valence-corrected chi connectivity index (χ2v) is 5.28. The van der Waals surface area contributed by atoms with E-state index in [9.17, 15) is 4.79 Å². The first kappa shape index (κ1) is 15.5. The third-order valence-electron chi connectivity index (χ3n) is 3.09. The lowest BCUT2D eigenvalue weighted by Gasteiger charge is -2.20. The maximum absolute atomic E-state index is 11.5. The molecule has 0 bridgehead atoms. The van der Waals surface area contributed by atoms with Gasteiger partial charge in [0, 0.05) is 5.69 Å². The lowest BCUT2D eigenvalue weighted by molar-refractivity contribution is -0.140. The molecular formula is C16H25NO2. The number of hydrogen-bond acceptors (Lipinski definition) is 3. The van der Waals surface area contributed by atoms with Gasteiger partial charge in [0.25, 0.3) is 0 Å². The highest BCUT2D eigenvalue weighted by Crippen LogP contribution is 2.32. The smallest absolute Gasteiger partial charge is 0.325 e. The Morgan fingerprint density at radius 2 is 1.68 bits per heavy atom. The molecule has 3 heteroatoms. The van der Waals surface area contributed by atoms with Crippen LogP contribution in [0.5, 0.6) is 0 Å². The molecule has 0 aliphatic heterocycles. The summed E-state index contributed by atoms with van der Waals surface area (Å²) in [6.45, 7) is 11.1. The molecule has 0 fully saturated rings. The number of carbonyl (C=O) groups excluding carboxylic acids is 1. The first-order chi connectivity index (χ1) is 8.97. The van der Waals surface area contributed by atoms with E-state index in [1.165, 1.54) is 11.1 Å². The van der Waals surface area contributed by atoms with Crippen molar-refractivity contribution in [3.8, 4) is 0 Å². The average molecular weight is 263 g/mol. The lowest BCUT2D eigenvalue weighted by atomic mass is 9.92. The summed E-state index contributed by atoms with van der Waals surface area (Å²) in [4.78, 5) is 11.5. The third-order valence-corrected chi connectivity index (χ3v) is 3.09. The third kappa shape index (κ3) is 4.27. The molecule has 1 N–H and O–H groups in total. The van der Waals surface area contributed by atoms with Crippen molar-refractivity contribution in [1.29, 1.82) is 0 Å². The predicted octanol–water partition coefficient (Wildman–Crippen LogP) is 3.91. The van der Waals surface area contributed by atoms with Crippen molar-refractivity contribution in [2.75, 3.05) is 18.5 Å². The number of benzene rings is 1. The molecular weight excluding hydrogens is 238 g/mol. The van der Waals surface area contributed by atoms with Gasteiger partial charge in [-0.25, -0.2) is 0 Å². The zero-order valence-electron chi connectivity index (χ0n) is 12.6. The van der Waals surface area contributed by atoms with Gasteiger partial charge in [0.1, 0.15) is 6.54 Å². The molecule has 0 aliphatic carbocycles. The summed E-state index contributed by atoms with van der Waals surface area (Å²) in [5.74, 6) is 0.627. The average Bonchev–Trinajstić information content (AvgIpc) is 2.35. The quantitative estimate of drug-likeness (QED) is 0.791. The Bertz CT molecular complexity index is 399. The van der Waals surface area contributed by atoms with Crippen LogP contribution in [0.4, 0.5) is 5.69 Å². The Morgan fingerprint density at radius 3 is 2.11 bits per heavy atom. The molecule has 0 saturated carbocycles. The van der Waals surface area contributed by atoms with Crippen LogP contribution in [-0.2, 0) is 9.53 Å². The fourth-order valence-electron chi connectivity index (χ4n) is 2.13. The number of rotatable bonds is 6. The van der Waals surface area contributed by atoms with E-state index in [0.717, 1.165) is 5.69 Å². The van der Waals surface area contributed by atoms with Crippen LogP contribution in [0.25, 0.3) is 0 Å². The van der Waals surface area contributed by atoms with Gasteiger partial charge in [-0.1, -0.05) is 45.9 Å². The minimum absolute atomic E-state index is 0.212. The Morgan fingerprint density at radius 1 is 1.16 bits per heavy atom. The summed E-state index contributed by atoms with van der Waals surface area (Å²) in [6, 6.07) is 6.31. The van der Waals surface area contributed by atoms with Gasteiger partial charge in [-0.05, 0) is 29.9 Å². The van der Waals surface area contributed by atoms with Crippen molar-refractivity contribution in [2.45, 2.75) is 46.5 Å². The molecule has 1 aromatic rings. The van der Waals surface area contributed by atoms with Gasteiger partial charge in [0.15, 0.2) is 0 Å². The Kier molecular flexibility index (Phi) is 5.87. The summed E-state index contributed by atoms with van der Waals surface area (Å²) >= 11 is 0. The van der Waals surface area contributed by atoms with Crippen molar-refractivity contribution >= 4 is 11.7 Å². The summed E-state index contributed by atoms with van der Waals surface area (Å²) in [6.07, 6.45) is 0. The molecule has 0 atom stereocenters. The number of anilines is 1. The first-order valence-electron chi connectivity index (χ1n) is 6.99. The summed E-state index contributed by atoms with van der Waals surface area (Å²) < 4.78 is 4.96. The van der Waals surface area contributed by atoms with Crippen LogP contribution in [0.3, 0.4) is 0 Å². The minimum atomic E-state index is -0.212. The fourth-order valence-corrected chi connectivity index (χ4v) is 2.13. The molecule has 0 heterocycles. The highest BCUT2D eigenvalue weighted by molar-refractivity contribution is 5.76. The van der Waals surface area contributed by atoms with E-state index < -0.39 is 0 Å². The van der Waals surface area contributed by atoms with E-state index in [0.29, 0.717) is 18.4 Å².